The molecule has 1 N–H and O–H groups in total. The van der Waals surface area contributed by atoms with E-state index in [9.17, 15) is 9.59 Å². The predicted octanol–water partition coefficient (Wildman–Crippen LogP) is 6.22. The Morgan fingerprint density at radius 2 is 1.73 bits per heavy atom. The Morgan fingerprint density at radius 1 is 1.00 bits per heavy atom. The maximum atomic E-state index is 14.2. The molecule has 0 radical (unpaired) electrons. The highest BCUT2D eigenvalue weighted by Gasteiger charge is 2.55. The summed E-state index contributed by atoms with van der Waals surface area (Å²) in [6.07, 6.45) is 9.31. The number of carbonyl (C=O) groups excluding carboxylic acids is 2. The van der Waals surface area contributed by atoms with Crippen molar-refractivity contribution in [2.45, 2.75) is 86.1 Å². The van der Waals surface area contributed by atoms with Gasteiger partial charge in [-0.1, -0.05) is 68.0 Å². The molecule has 1 heterocycles. The number of thioether (sulfide) groups is 1. The summed E-state index contributed by atoms with van der Waals surface area (Å²) in [5, 5.41) is 4.12. The largest absolute Gasteiger partial charge is 0.351 e. The first kappa shape index (κ1) is 22.8. The molecule has 1 aliphatic heterocycles. The number of benzene rings is 2. The molecule has 0 aromatic heterocycles. The molecule has 5 rings (SSSR count). The van der Waals surface area contributed by atoms with Gasteiger partial charge in [-0.15, -0.1) is 11.8 Å². The molecule has 3 aliphatic rings. The van der Waals surface area contributed by atoms with Crippen molar-refractivity contribution in [3.8, 4) is 0 Å². The van der Waals surface area contributed by atoms with Crippen LogP contribution < -0.4 is 5.32 Å². The van der Waals surface area contributed by atoms with Crippen LogP contribution >= 0.6 is 23.4 Å². The van der Waals surface area contributed by atoms with Crippen molar-refractivity contribution in [3.05, 3.63) is 64.7 Å². The summed E-state index contributed by atoms with van der Waals surface area (Å²) >= 11 is 7.85. The molecule has 2 aromatic carbocycles. The molecular formula is C27H31ClN2O2S. The van der Waals surface area contributed by atoms with Crippen molar-refractivity contribution in [1.29, 1.82) is 0 Å². The fourth-order valence-electron chi connectivity index (χ4n) is 5.74. The maximum Gasteiger partial charge on any atom is 0.256 e. The van der Waals surface area contributed by atoms with Crippen LogP contribution in [-0.4, -0.2) is 33.5 Å². The van der Waals surface area contributed by atoms with E-state index in [1.807, 2.05) is 53.4 Å². The summed E-state index contributed by atoms with van der Waals surface area (Å²) < 4.78 is 0. The molecule has 174 valence electrons. The van der Waals surface area contributed by atoms with Gasteiger partial charge in [0.1, 0.15) is 5.54 Å². The van der Waals surface area contributed by atoms with E-state index in [1.165, 1.54) is 6.42 Å². The lowest BCUT2D eigenvalue weighted by Crippen LogP contribution is -2.67. The lowest BCUT2D eigenvalue weighted by Gasteiger charge is -2.49. The second-order valence-electron chi connectivity index (χ2n) is 9.60. The Hall–Kier alpha value is -1.98. The van der Waals surface area contributed by atoms with Crippen LogP contribution in [0.15, 0.2) is 53.4 Å². The zero-order valence-electron chi connectivity index (χ0n) is 18.9. The Bertz CT molecular complexity index is 1020. The highest BCUT2D eigenvalue weighted by Crippen LogP contribution is 2.48. The topological polar surface area (TPSA) is 49.4 Å². The number of rotatable bonds is 4. The Kier molecular flexibility index (Phi) is 6.71. The van der Waals surface area contributed by atoms with Crippen molar-refractivity contribution in [3.63, 3.8) is 0 Å². The first-order valence-electron chi connectivity index (χ1n) is 12.2. The minimum Gasteiger partial charge on any atom is -0.351 e. The number of hydrogen-bond donors (Lipinski definition) is 1. The second-order valence-corrected chi connectivity index (χ2v) is 11.3. The van der Waals surface area contributed by atoms with Gasteiger partial charge in [0.15, 0.2) is 0 Å². The Morgan fingerprint density at radius 3 is 2.52 bits per heavy atom. The van der Waals surface area contributed by atoms with Crippen LogP contribution in [0.1, 0.15) is 73.7 Å². The van der Waals surface area contributed by atoms with Gasteiger partial charge in [-0.05, 0) is 55.5 Å². The van der Waals surface area contributed by atoms with Gasteiger partial charge in [-0.2, -0.15) is 0 Å². The van der Waals surface area contributed by atoms with E-state index < -0.39 is 5.54 Å². The quantitative estimate of drug-likeness (QED) is 0.562. The van der Waals surface area contributed by atoms with Crippen molar-refractivity contribution in [2.75, 3.05) is 0 Å². The number of halogens is 1. The molecule has 2 atom stereocenters. The fourth-order valence-corrected chi connectivity index (χ4v) is 7.44. The zero-order valence-corrected chi connectivity index (χ0v) is 20.5. The molecule has 1 unspecified atom stereocenters. The summed E-state index contributed by atoms with van der Waals surface area (Å²) in [5.41, 5.74) is 0.845. The van der Waals surface area contributed by atoms with Crippen LogP contribution in [0, 0.1) is 0 Å². The summed E-state index contributed by atoms with van der Waals surface area (Å²) in [4.78, 5) is 31.1. The standard InChI is InChI=1S/C27H31ClN2O2S/c28-20-15-13-19(14-16-20)18-30-25(31)22-10-4-5-11-23(22)33-24-12-6-7-17-27(24,30)26(32)29-21-8-2-1-3-9-21/h4-5,10-11,13-16,21,24H,1-3,6-9,12,17-18H2,(H,29,32)/t24?,27-/m1/s1. The zero-order chi connectivity index (χ0) is 22.8. The minimum atomic E-state index is -0.851. The van der Waals surface area contributed by atoms with Gasteiger partial charge in [0.25, 0.3) is 5.91 Å². The monoisotopic (exact) mass is 482 g/mol. The molecule has 2 amide bonds. The van der Waals surface area contributed by atoms with Gasteiger partial charge >= 0.3 is 0 Å². The average molecular weight is 483 g/mol. The van der Waals surface area contributed by atoms with Crippen LogP contribution in [-0.2, 0) is 11.3 Å². The molecule has 0 bridgehead atoms. The number of nitrogens with zero attached hydrogens (tertiary/aromatic N) is 1. The first-order valence-corrected chi connectivity index (χ1v) is 13.5. The highest BCUT2D eigenvalue weighted by atomic mass is 35.5. The number of carbonyl (C=O) groups is 2. The van der Waals surface area contributed by atoms with Crippen molar-refractivity contribution >= 4 is 35.2 Å². The molecule has 6 heteroatoms. The summed E-state index contributed by atoms with van der Waals surface area (Å²) in [6, 6.07) is 15.7. The van der Waals surface area contributed by atoms with E-state index in [-0.39, 0.29) is 23.1 Å². The van der Waals surface area contributed by atoms with E-state index in [0.717, 1.165) is 55.4 Å². The normalized spacial score (nSPS) is 25.7. The summed E-state index contributed by atoms with van der Waals surface area (Å²) in [6.45, 7) is 0.402. The van der Waals surface area contributed by atoms with Crippen LogP contribution in [0.2, 0.25) is 5.02 Å². The summed E-state index contributed by atoms with van der Waals surface area (Å²) in [7, 11) is 0. The smallest absolute Gasteiger partial charge is 0.256 e. The van der Waals surface area contributed by atoms with E-state index in [1.54, 1.807) is 11.8 Å². The van der Waals surface area contributed by atoms with Crippen molar-refractivity contribution in [1.82, 2.24) is 10.2 Å². The third-order valence-corrected chi connectivity index (χ3v) is 9.28. The molecule has 2 saturated carbocycles. The lowest BCUT2D eigenvalue weighted by molar-refractivity contribution is -0.135. The third-order valence-electron chi connectivity index (χ3n) is 7.51. The lowest BCUT2D eigenvalue weighted by atomic mass is 9.77. The predicted molar refractivity (Wildman–Crippen MR) is 134 cm³/mol. The SMILES string of the molecule is O=C1c2ccccc2SC2CCCC[C@@]2(C(=O)NC2CCCCC2)N1Cc1ccc(Cl)cc1. The molecule has 0 saturated heterocycles. The van der Waals surface area contributed by atoms with E-state index >= 15 is 0 Å². The van der Waals surface area contributed by atoms with Gasteiger partial charge < -0.3 is 10.2 Å². The van der Waals surface area contributed by atoms with Gasteiger partial charge in [0.2, 0.25) is 5.91 Å². The van der Waals surface area contributed by atoms with E-state index in [0.29, 0.717) is 23.6 Å². The molecule has 4 nitrogen and oxygen atoms in total. The van der Waals surface area contributed by atoms with Crippen LogP contribution in [0.25, 0.3) is 0 Å². The van der Waals surface area contributed by atoms with Gasteiger partial charge in [0, 0.05) is 27.8 Å². The van der Waals surface area contributed by atoms with Crippen molar-refractivity contribution < 1.29 is 9.59 Å². The Labute approximate surface area is 205 Å². The molecule has 2 fully saturated rings. The second kappa shape index (κ2) is 9.71. The Balaban J connectivity index is 1.58. The molecule has 2 aliphatic carbocycles. The van der Waals surface area contributed by atoms with E-state index in [4.69, 9.17) is 11.6 Å². The average Bonchev–Trinajstić information content (AvgIpc) is 2.94. The number of hydrogen-bond acceptors (Lipinski definition) is 3. The van der Waals surface area contributed by atoms with Crippen LogP contribution in [0.3, 0.4) is 0 Å². The molecule has 33 heavy (non-hydrogen) atoms. The number of fused-ring (bicyclic) bond motifs is 2. The molecule has 0 spiro atoms. The molecular weight excluding hydrogens is 452 g/mol. The van der Waals surface area contributed by atoms with Gasteiger partial charge in [0.05, 0.1) is 5.56 Å². The van der Waals surface area contributed by atoms with Crippen LogP contribution in [0.5, 0.6) is 0 Å². The van der Waals surface area contributed by atoms with E-state index in [2.05, 4.69) is 5.32 Å². The fraction of sp³-hybridized carbons (Fsp3) is 0.481. The van der Waals surface area contributed by atoms with Crippen LogP contribution in [0.4, 0.5) is 0 Å². The minimum absolute atomic E-state index is 0.0368. The van der Waals surface area contributed by atoms with Gasteiger partial charge in [-0.3, -0.25) is 9.59 Å². The first-order chi connectivity index (χ1) is 16.1. The number of nitrogens with one attached hydrogen (secondary N) is 1. The van der Waals surface area contributed by atoms with Gasteiger partial charge in [-0.25, -0.2) is 0 Å². The summed E-state index contributed by atoms with van der Waals surface area (Å²) in [5.74, 6) is -0.00189. The highest BCUT2D eigenvalue weighted by molar-refractivity contribution is 8.00. The molecule has 2 aromatic rings. The number of amides is 2. The maximum absolute atomic E-state index is 14.2. The van der Waals surface area contributed by atoms with Crippen molar-refractivity contribution in [2.24, 2.45) is 0 Å². The third kappa shape index (κ3) is 4.42.